The largest absolute Gasteiger partial charge is 0.444 e. The van der Waals surface area contributed by atoms with Crippen LogP contribution in [0.25, 0.3) is 0 Å². The van der Waals surface area contributed by atoms with Crippen LogP contribution in [0.5, 0.6) is 0 Å². The van der Waals surface area contributed by atoms with Crippen molar-refractivity contribution in [3.63, 3.8) is 0 Å². The first kappa shape index (κ1) is 17.3. The third-order valence-electron chi connectivity index (χ3n) is 4.52. The molecule has 5 heteroatoms. The van der Waals surface area contributed by atoms with Crippen LogP contribution in [0, 0.1) is 17.8 Å². The van der Waals surface area contributed by atoms with Crippen LogP contribution in [-0.4, -0.2) is 48.2 Å². The average Bonchev–Trinajstić information content (AvgIpc) is 2.36. The number of amides is 1. The molecule has 126 valence electrons. The van der Waals surface area contributed by atoms with E-state index in [1.807, 2.05) is 20.8 Å². The molecule has 22 heavy (non-hydrogen) atoms. The second kappa shape index (κ2) is 6.57. The Labute approximate surface area is 133 Å². The van der Waals surface area contributed by atoms with Crippen molar-refractivity contribution < 1.29 is 19.1 Å². The van der Waals surface area contributed by atoms with E-state index in [0.29, 0.717) is 32.1 Å². The van der Waals surface area contributed by atoms with E-state index in [1.54, 1.807) is 4.90 Å². The highest BCUT2D eigenvalue weighted by Gasteiger charge is 2.44. The fraction of sp³-hybridized carbons (Fsp3) is 0.882. The van der Waals surface area contributed by atoms with Gasteiger partial charge < -0.3 is 9.47 Å². The Bertz CT molecular complexity index is 429. The lowest BCUT2D eigenvalue weighted by atomic mass is 9.71. The molecule has 0 N–H and O–H groups in total. The van der Waals surface area contributed by atoms with E-state index in [0.717, 1.165) is 6.42 Å². The van der Waals surface area contributed by atoms with Crippen LogP contribution in [0.3, 0.4) is 0 Å². The molecular weight excluding hydrogens is 282 g/mol. The maximum Gasteiger partial charge on any atom is 0.410 e. The summed E-state index contributed by atoms with van der Waals surface area (Å²) in [7, 11) is 0. The number of carbonyl (C=O) groups excluding carboxylic acids is 2. The zero-order valence-corrected chi connectivity index (χ0v) is 14.4. The van der Waals surface area contributed by atoms with Gasteiger partial charge in [-0.25, -0.2) is 4.79 Å². The maximum absolute atomic E-state index is 12.5. The molecule has 1 saturated heterocycles. The van der Waals surface area contributed by atoms with Crippen molar-refractivity contribution in [1.82, 2.24) is 4.90 Å². The van der Waals surface area contributed by atoms with Gasteiger partial charge in [0.25, 0.3) is 0 Å². The van der Waals surface area contributed by atoms with Gasteiger partial charge >= 0.3 is 6.09 Å². The Morgan fingerprint density at radius 2 is 2.00 bits per heavy atom. The van der Waals surface area contributed by atoms with E-state index in [-0.39, 0.29) is 29.8 Å². The second-order valence-electron chi connectivity index (χ2n) is 7.83. The third-order valence-corrected chi connectivity index (χ3v) is 4.52. The van der Waals surface area contributed by atoms with E-state index in [2.05, 4.69) is 13.8 Å². The quantitative estimate of drug-likeness (QED) is 0.747. The normalized spacial score (nSPS) is 33.7. The van der Waals surface area contributed by atoms with E-state index in [1.165, 1.54) is 0 Å². The van der Waals surface area contributed by atoms with Crippen LogP contribution in [0.15, 0.2) is 0 Å². The highest BCUT2D eigenvalue weighted by atomic mass is 16.6. The molecule has 1 aliphatic carbocycles. The van der Waals surface area contributed by atoms with Crippen molar-refractivity contribution in [2.45, 2.75) is 59.1 Å². The molecule has 2 aliphatic rings. The maximum atomic E-state index is 12.5. The third kappa shape index (κ3) is 4.00. The van der Waals surface area contributed by atoms with E-state index < -0.39 is 5.60 Å². The minimum atomic E-state index is -0.531. The minimum absolute atomic E-state index is 0.135. The lowest BCUT2D eigenvalue weighted by molar-refractivity contribution is -0.134. The molecule has 4 unspecified atom stereocenters. The van der Waals surface area contributed by atoms with Crippen LogP contribution < -0.4 is 0 Å². The van der Waals surface area contributed by atoms with Gasteiger partial charge in [-0.3, -0.25) is 9.69 Å². The van der Waals surface area contributed by atoms with E-state index >= 15 is 0 Å². The number of morpholine rings is 1. The number of ether oxygens (including phenoxy) is 2. The first-order chi connectivity index (χ1) is 10.2. The van der Waals surface area contributed by atoms with Crippen molar-refractivity contribution in [2.24, 2.45) is 17.8 Å². The zero-order valence-electron chi connectivity index (χ0n) is 14.4. The summed E-state index contributed by atoms with van der Waals surface area (Å²) >= 11 is 0. The molecule has 0 spiro atoms. The Morgan fingerprint density at radius 1 is 1.32 bits per heavy atom. The fourth-order valence-electron chi connectivity index (χ4n) is 3.72. The minimum Gasteiger partial charge on any atom is -0.444 e. The smallest absolute Gasteiger partial charge is 0.410 e. The Balaban J connectivity index is 2.15. The second-order valence-corrected chi connectivity index (χ2v) is 7.83. The van der Waals surface area contributed by atoms with Crippen molar-refractivity contribution in [3.8, 4) is 0 Å². The van der Waals surface area contributed by atoms with Gasteiger partial charge in [-0.2, -0.15) is 0 Å². The molecule has 0 aromatic carbocycles. The molecule has 4 atom stereocenters. The van der Waals surface area contributed by atoms with Crippen LogP contribution in [0.1, 0.15) is 47.5 Å². The van der Waals surface area contributed by atoms with Crippen molar-refractivity contribution in [1.29, 1.82) is 0 Å². The molecular formula is C17H29NO4. The summed E-state index contributed by atoms with van der Waals surface area (Å²) in [5, 5.41) is 0. The first-order valence-electron chi connectivity index (χ1n) is 8.29. The average molecular weight is 311 g/mol. The highest BCUT2D eigenvalue weighted by Crippen LogP contribution is 2.36. The van der Waals surface area contributed by atoms with Gasteiger partial charge in [0.2, 0.25) is 0 Å². The van der Waals surface area contributed by atoms with Crippen LogP contribution in [-0.2, 0) is 14.3 Å². The van der Waals surface area contributed by atoms with Gasteiger partial charge in [-0.1, -0.05) is 13.8 Å². The Hall–Kier alpha value is -1.10. The molecule has 1 saturated carbocycles. The lowest BCUT2D eigenvalue weighted by Crippen LogP contribution is -2.57. The number of ketones is 1. The van der Waals surface area contributed by atoms with Gasteiger partial charge in [0.05, 0.1) is 19.3 Å². The topological polar surface area (TPSA) is 55.8 Å². The van der Waals surface area contributed by atoms with E-state index in [9.17, 15) is 9.59 Å². The molecule has 1 heterocycles. The molecule has 0 radical (unpaired) electrons. The number of hydrogen-bond donors (Lipinski definition) is 0. The molecule has 0 aromatic rings. The number of hydrogen-bond acceptors (Lipinski definition) is 4. The summed E-state index contributed by atoms with van der Waals surface area (Å²) in [5.74, 6) is 0.824. The van der Waals surface area contributed by atoms with Gasteiger partial charge in [-0.15, -0.1) is 0 Å². The van der Waals surface area contributed by atoms with Gasteiger partial charge in [0.1, 0.15) is 11.4 Å². The predicted octanol–water partition coefficient (Wildman–Crippen LogP) is 2.87. The molecule has 1 amide bonds. The standard InChI is InChI=1S/C17H29NO4/c1-11-8-12(2)15(14(19)9-11)13-10-21-7-6-18(13)16(20)22-17(3,4)5/h11-13,15H,6-10H2,1-5H3. The Kier molecular flexibility index (Phi) is 5.15. The summed E-state index contributed by atoms with van der Waals surface area (Å²) < 4.78 is 11.1. The summed E-state index contributed by atoms with van der Waals surface area (Å²) in [5.41, 5.74) is -0.531. The molecule has 0 bridgehead atoms. The highest BCUT2D eigenvalue weighted by molar-refractivity contribution is 5.83. The zero-order chi connectivity index (χ0) is 16.5. The predicted molar refractivity (Wildman–Crippen MR) is 83.6 cm³/mol. The number of nitrogens with zero attached hydrogens (tertiary/aromatic N) is 1. The van der Waals surface area contributed by atoms with Crippen LogP contribution >= 0.6 is 0 Å². The van der Waals surface area contributed by atoms with Crippen LogP contribution in [0.4, 0.5) is 4.79 Å². The first-order valence-corrected chi connectivity index (χ1v) is 8.29. The summed E-state index contributed by atoms with van der Waals surface area (Å²) in [6.45, 7) is 11.2. The van der Waals surface area contributed by atoms with Gasteiger partial charge in [-0.05, 0) is 39.0 Å². The number of Topliss-reactive ketones (excluding diaryl/α,β-unsaturated/α-hetero) is 1. The van der Waals surface area contributed by atoms with Crippen molar-refractivity contribution >= 4 is 11.9 Å². The summed E-state index contributed by atoms with van der Waals surface area (Å²) in [6.07, 6.45) is 1.29. The molecule has 1 aliphatic heterocycles. The monoisotopic (exact) mass is 311 g/mol. The summed E-state index contributed by atoms with van der Waals surface area (Å²) in [6, 6.07) is -0.196. The van der Waals surface area contributed by atoms with Gasteiger partial charge in [0, 0.05) is 18.9 Å². The van der Waals surface area contributed by atoms with Crippen LogP contribution in [0.2, 0.25) is 0 Å². The van der Waals surface area contributed by atoms with Crippen molar-refractivity contribution in [2.75, 3.05) is 19.8 Å². The Morgan fingerprint density at radius 3 is 2.59 bits per heavy atom. The molecule has 5 nitrogen and oxygen atoms in total. The summed E-state index contributed by atoms with van der Waals surface area (Å²) in [4.78, 5) is 26.7. The van der Waals surface area contributed by atoms with Gasteiger partial charge in [0.15, 0.2) is 0 Å². The molecule has 2 rings (SSSR count). The van der Waals surface area contributed by atoms with E-state index in [4.69, 9.17) is 9.47 Å². The number of carbonyl (C=O) groups is 2. The molecule has 0 aromatic heterocycles. The SMILES string of the molecule is CC1CC(=O)C(C2COCCN2C(=O)OC(C)(C)C)C(C)C1. The molecule has 2 fully saturated rings. The lowest BCUT2D eigenvalue weighted by Gasteiger charge is -2.44. The number of rotatable bonds is 1. The fourth-order valence-corrected chi connectivity index (χ4v) is 3.72. The van der Waals surface area contributed by atoms with Crippen molar-refractivity contribution in [3.05, 3.63) is 0 Å².